The molecule has 3 nitrogen and oxygen atoms in total. The molecule has 0 saturated heterocycles. The van der Waals surface area contributed by atoms with E-state index in [-0.39, 0.29) is 5.91 Å². The van der Waals surface area contributed by atoms with Crippen LogP contribution < -0.4 is 0 Å². The van der Waals surface area contributed by atoms with Crippen molar-refractivity contribution in [1.29, 1.82) is 0 Å². The monoisotopic (exact) mass is 308 g/mol. The van der Waals surface area contributed by atoms with Gasteiger partial charge in [0.05, 0.1) is 6.54 Å². The van der Waals surface area contributed by atoms with Crippen molar-refractivity contribution in [2.45, 2.75) is 26.4 Å². The van der Waals surface area contributed by atoms with Gasteiger partial charge >= 0.3 is 0 Å². The average molecular weight is 308 g/mol. The largest absolute Gasteiger partial charge is 0.338 e. The Morgan fingerprint density at radius 2 is 1.74 bits per heavy atom. The second-order valence-electron chi connectivity index (χ2n) is 6.12. The van der Waals surface area contributed by atoms with Gasteiger partial charge in [0.15, 0.2) is 0 Å². The number of carbonyl (C=O) groups is 1. The van der Waals surface area contributed by atoms with Gasteiger partial charge in [-0.15, -0.1) is 0 Å². The summed E-state index contributed by atoms with van der Waals surface area (Å²) in [6.45, 7) is 5.84. The van der Waals surface area contributed by atoms with Crippen molar-refractivity contribution in [1.82, 2.24) is 9.80 Å². The van der Waals surface area contributed by atoms with Gasteiger partial charge in [0.1, 0.15) is 0 Å². The smallest absolute Gasteiger partial charge is 0.237 e. The minimum absolute atomic E-state index is 0.218. The molecular weight excluding hydrogens is 284 g/mol. The van der Waals surface area contributed by atoms with E-state index in [2.05, 4.69) is 41.3 Å². The molecule has 2 aromatic rings. The zero-order valence-electron chi connectivity index (χ0n) is 13.7. The average Bonchev–Trinajstić information content (AvgIpc) is 2.60. The highest BCUT2D eigenvalue weighted by atomic mass is 16.2. The summed E-state index contributed by atoms with van der Waals surface area (Å²) >= 11 is 0. The van der Waals surface area contributed by atoms with Crippen LogP contribution in [0.2, 0.25) is 0 Å². The molecule has 0 N–H and O–H groups in total. The Hall–Kier alpha value is -2.13. The molecule has 1 amide bonds. The van der Waals surface area contributed by atoms with Crippen LogP contribution >= 0.6 is 0 Å². The van der Waals surface area contributed by atoms with Gasteiger partial charge in [0, 0.05) is 26.2 Å². The summed E-state index contributed by atoms with van der Waals surface area (Å²) < 4.78 is 0. The highest BCUT2D eigenvalue weighted by Crippen LogP contribution is 2.18. The predicted octanol–water partition coefficient (Wildman–Crippen LogP) is 3.09. The predicted molar refractivity (Wildman–Crippen MR) is 93.0 cm³/mol. The molecule has 0 unspecified atom stereocenters. The highest BCUT2D eigenvalue weighted by Gasteiger charge is 2.20. The van der Waals surface area contributed by atoms with E-state index >= 15 is 0 Å². The molecule has 3 rings (SSSR count). The number of fused-ring (bicyclic) bond motifs is 1. The van der Waals surface area contributed by atoms with Crippen molar-refractivity contribution in [3.63, 3.8) is 0 Å². The van der Waals surface area contributed by atoms with Gasteiger partial charge in [-0.3, -0.25) is 9.69 Å². The first-order valence-corrected chi connectivity index (χ1v) is 8.37. The molecule has 0 saturated carbocycles. The maximum absolute atomic E-state index is 12.6. The summed E-state index contributed by atoms with van der Waals surface area (Å²) in [6, 6.07) is 18.8. The molecular formula is C20H24N2O. The van der Waals surface area contributed by atoms with Gasteiger partial charge in [-0.1, -0.05) is 54.6 Å². The van der Waals surface area contributed by atoms with E-state index in [0.29, 0.717) is 13.1 Å². The van der Waals surface area contributed by atoms with Gasteiger partial charge in [0.2, 0.25) is 5.91 Å². The third kappa shape index (κ3) is 3.99. The van der Waals surface area contributed by atoms with Gasteiger partial charge < -0.3 is 4.90 Å². The molecule has 0 atom stereocenters. The van der Waals surface area contributed by atoms with Gasteiger partial charge in [0.25, 0.3) is 0 Å². The number of rotatable bonds is 5. The number of hydrogen-bond donors (Lipinski definition) is 0. The second-order valence-corrected chi connectivity index (χ2v) is 6.12. The van der Waals surface area contributed by atoms with E-state index in [4.69, 9.17) is 0 Å². The fourth-order valence-electron chi connectivity index (χ4n) is 3.16. The maximum atomic E-state index is 12.6. The van der Waals surface area contributed by atoms with Crippen LogP contribution in [0.15, 0.2) is 54.6 Å². The lowest BCUT2D eigenvalue weighted by atomic mass is 10.00. The summed E-state index contributed by atoms with van der Waals surface area (Å²) in [5.41, 5.74) is 3.97. The number of carbonyl (C=O) groups excluding carboxylic acids is 1. The zero-order valence-corrected chi connectivity index (χ0v) is 13.7. The molecule has 0 bridgehead atoms. The van der Waals surface area contributed by atoms with Gasteiger partial charge in [-0.25, -0.2) is 0 Å². The first-order chi connectivity index (χ1) is 11.3. The number of hydrogen-bond acceptors (Lipinski definition) is 2. The lowest BCUT2D eigenvalue weighted by Gasteiger charge is -2.30. The highest BCUT2D eigenvalue weighted by molar-refractivity contribution is 5.78. The molecule has 0 radical (unpaired) electrons. The van der Waals surface area contributed by atoms with Gasteiger partial charge in [-0.2, -0.15) is 0 Å². The quantitative estimate of drug-likeness (QED) is 0.847. The molecule has 1 aliphatic heterocycles. The summed E-state index contributed by atoms with van der Waals surface area (Å²) in [7, 11) is 0. The SMILES string of the molecule is CCN(Cc1ccccc1)C(=O)CN1CCc2ccccc2C1. The van der Waals surface area contributed by atoms with Crippen LogP contribution in [0.25, 0.3) is 0 Å². The van der Waals surface area contributed by atoms with Crippen molar-refractivity contribution in [2.75, 3.05) is 19.6 Å². The van der Waals surface area contributed by atoms with Gasteiger partial charge in [-0.05, 0) is 30.0 Å². The number of nitrogens with zero attached hydrogens (tertiary/aromatic N) is 2. The number of benzene rings is 2. The van der Waals surface area contributed by atoms with Crippen LogP contribution in [0.3, 0.4) is 0 Å². The van der Waals surface area contributed by atoms with Crippen LogP contribution in [0, 0.1) is 0 Å². The normalized spacial score (nSPS) is 14.3. The van der Waals surface area contributed by atoms with Crippen molar-refractivity contribution in [3.8, 4) is 0 Å². The lowest BCUT2D eigenvalue weighted by molar-refractivity contribution is -0.133. The second kappa shape index (κ2) is 7.42. The molecule has 1 heterocycles. The Morgan fingerprint density at radius 3 is 2.48 bits per heavy atom. The molecule has 120 valence electrons. The summed E-state index contributed by atoms with van der Waals surface area (Å²) in [6.07, 6.45) is 1.04. The third-order valence-electron chi connectivity index (χ3n) is 4.52. The fourth-order valence-corrected chi connectivity index (χ4v) is 3.16. The van der Waals surface area contributed by atoms with E-state index in [1.807, 2.05) is 30.0 Å². The van der Waals surface area contributed by atoms with Crippen LogP contribution in [0.5, 0.6) is 0 Å². The minimum Gasteiger partial charge on any atom is -0.338 e. The third-order valence-corrected chi connectivity index (χ3v) is 4.52. The Labute approximate surface area is 138 Å². The lowest BCUT2D eigenvalue weighted by Crippen LogP contribution is -2.41. The summed E-state index contributed by atoms with van der Waals surface area (Å²) in [4.78, 5) is 16.8. The van der Waals surface area contributed by atoms with Crippen LogP contribution in [-0.4, -0.2) is 35.3 Å². The zero-order chi connectivity index (χ0) is 16.1. The molecule has 0 aliphatic carbocycles. The molecule has 3 heteroatoms. The summed E-state index contributed by atoms with van der Waals surface area (Å²) in [5, 5.41) is 0. The first kappa shape index (κ1) is 15.8. The van der Waals surface area contributed by atoms with E-state index < -0.39 is 0 Å². The Bertz CT molecular complexity index is 654. The van der Waals surface area contributed by atoms with E-state index in [9.17, 15) is 4.79 Å². The minimum atomic E-state index is 0.218. The van der Waals surface area contributed by atoms with Crippen LogP contribution in [0.1, 0.15) is 23.6 Å². The van der Waals surface area contributed by atoms with Crippen molar-refractivity contribution < 1.29 is 4.79 Å². The molecule has 1 aliphatic rings. The van der Waals surface area contributed by atoms with Crippen molar-refractivity contribution >= 4 is 5.91 Å². The summed E-state index contributed by atoms with van der Waals surface area (Å²) in [5.74, 6) is 0.218. The van der Waals surface area contributed by atoms with Crippen molar-refractivity contribution in [3.05, 3.63) is 71.3 Å². The van der Waals surface area contributed by atoms with Crippen molar-refractivity contribution in [2.24, 2.45) is 0 Å². The van der Waals surface area contributed by atoms with Crippen LogP contribution in [0.4, 0.5) is 0 Å². The van der Waals surface area contributed by atoms with E-state index in [0.717, 1.165) is 26.1 Å². The number of likely N-dealkylation sites (N-methyl/N-ethyl adjacent to an activating group) is 1. The molecule has 0 fully saturated rings. The standard InChI is InChI=1S/C20H24N2O/c1-2-22(14-17-8-4-3-5-9-17)20(23)16-21-13-12-18-10-6-7-11-19(18)15-21/h3-11H,2,12-16H2,1H3. The molecule has 0 spiro atoms. The fraction of sp³-hybridized carbons (Fsp3) is 0.350. The first-order valence-electron chi connectivity index (χ1n) is 8.37. The topological polar surface area (TPSA) is 23.6 Å². The van der Waals surface area contributed by atoms with E-state index in [1.165, 1.54) is 16.7 Å². The molecule has 23 heavy (non-hydrogen) atoms. The number of amides is 1. The molecule has 0 aromatic heterocycles. The molecule has 2 aromatic carbocycles. The maximum Gasteiger partial charge on any atom is 0.237 e. The Kier molecular flexibility index (Phi) is 5.09. The Balaban J connectivity index is 1.60. The van der Waals surface area contributed by atoms with Crippen LogP contribution in [-0.2, 0) is 24.3 Å². The van der Waals surface area contributed by atoms with E-state index in [1.54, 1.807) is 0 Å². The Morgan fingerprint density at radius 1 is 1.04 bits per heavy atom.